The molecular formula is C29H34ClN5O5S. The number of hydrogen-bond donors (Lipinski definition) is 2. The fraction of sp³-hybridized carbons (Fsp3) is 0.345. The Morgan fingerprint density at radius 1 is 1.15 bits per heavy atom. The molecule has 0 unspecified atom stereocenters. The van der Waals surface area contributed by atoms with E-state index in [9.17, 15) is 13.2 Å². The smallest absolute Gasteiger partial charge is 0.267 e. The molecule has 12 heteroatoms. The molecule has 2 aromatic heterocycles. The third-order valence-electron chi connectivity index (χ3n) is 6.62. The Labute approximate surface area is 244 Å². The summed E-state index contributed by atoms with van der Waals surface area (Å²) in [6.45, 7) is 8.60. The number of nitrogens with zero attached hydrogens (tertiary/aromatic N) is 3. The molecule has 4 rings (SSSR count). The number of amides is 1. The van der Waals surface area contributed by atoms with Crippen LogP contribution in [0.5, 0.6) is 0 Å². The Morgan fingerprint density at radius 2 is 1.90 bits per heavy atom. The second-order valence-corrected chi connectivity index (χ2v) is 11.5. The fourth-order valence-corrected chi connectivity index (χ4v) is 6.11. The number of carbonyl (C=O) groups is 1. The summed E-state index contributed by atoms with van der Waals surface area (Å²) in [5.41, 5.74) is 9.72. The van der Waals surface area contributed by atoms with Gasteiger partial charge in [-0.1, -0.05) is 67.0 Å². The van der Waals surface area contributed by atoms with E-state index in [4.69, 9.17) is 31.6 Å². The molecule has 0 aliphatic rings. The molecule has 0 fully saturated rings. The maximum absolute atomic E-state index is 13.5. The van der Waals surface area contributed by atoms with E-state index in [0.717, 1.165) is 23.4 Å². The number of carbonyl (C=O) groups excluding carboxylic acids is 1. The fourth-order valence-electron chi connectivity index (χ4n) is 4.71. The molecule has 218 valence electrons. The summed E-state index contributed by atoms with van der Waals surface area (Å²) in [5, 5.41) is 3.82. The molecule has 0 bridgehead atoms. The van der Waals surface area contributed by atoms with Crippen molar-refractivity contribution >= 4 is 33.3 Å². The van der Waals surface area contributed by atoms with Gasteiger partial charge in [0, 0.05) is 25.1 Å². The van der Waals surface area contributed by atoms with Crippen molar-refractivity contribution in [3.05, 3.63) is 81.6 Å². The highest BCUT2D eigenvalue weighted by Gasteiger charge is 2.25. The standard InChI is InChI=1S/C29H34ClN5O5S/c1-5-10-25-32-23(6-2)27(28(31)36)35(25)16-19-13-14-21(20(15-19)17-39-7-3)22-11-8-9-12-24(22)41(37,38)34-29-26(30)18(4)40-33-29/h8-9,11-15H,5-7,10,16-17H2,1-4H3,(H2,31,36)(H,33,34). The second-order valence-electron chi connectivity index (χ2n) is 9.51. The highest BCUT2D eigenvalue weighted by atomic mass is 35.5. The van der Waals surface area contributed by atoms with Gasteiger partial charge in [-0.05, 0) is 49.4 Å². The minimum Gasteiger partial charge on any atom is -0.377 e. The average Bonchev–Trinajstić information content (AvgIpc) is 3.46. The van der Waals surface area contributed by atoms with Gasteiger partial charge in [0.2, 0.25) is 5.82 Å². The number of imidazole rings is 1. The molecule has 0 aliphatic carbocycles. The molecular weight excluding hydrogens is 566 g/mol. The Balaban J connectivity index is 1.78. The number of benzene rings is 2. The van der Waals surface area contributed by atoms with Crippen LogP contribution in [0.2, 0.25) is 5.02 Å². The summed E-state index contributed by atoms with van der Waals surface area (Å²) in [6.07, 6.45) is 2.16. The Bertz CT molecular complexity index is 1660. The summed E-state index contributed by atoms with van der Waals surface area (Å²) in [4.78, 5) is 17.1. The van der Waals surface area contributed by atoms with E-state index in [0.29, 0.717) is 54.3 Å². The molecule has 1 amide bonds. The molecule has 0 radical (unpaired) electrons. The monoisotopic (exact) mass is 599 g/mol. The summed E-state index contributed by atoms with van der Waals surface area (Å²) in [5.74, 6) is 0.510. The lowest BCUT2D eigenvalue weighted by Gasteiger charge is -2.17. The van der Waals surface area contributed by atoms with Gasteiger partial charge >= 0.3 is 0 Å². The van der Waals surface area contributed by atoms with Crippen LogP contribution in [0.4, 0.5) is 5.82 Å². The highest BCUT2D eigenvalue weighted by molar-refractivity contribution is 7.92. The van der Waals surface area contributed by atoms with Crippen LogP contribution < -0.4 is 10.5 Å². The zero-order chi connectivity index (χ0) is 29.7. The van der Waals surface area contributed by atoms with E-state index in [2.05, 4.69) is 16.8 Å². The van der Waals surface area contributed by atoms with Crippen molar-refractivity contribution in [1.29, 1.82) is 0 Å². The van der Waals surface area contributed by atoms with Crippen molar-refractivity contribution < 1.29 is 22.5 Å². The number of anilines is 1. The van der Waals surface area contributed by atoms with Crippen LogP contribution in [0.1, 0.15) is 66.1 Å². The van der Waals surface area contributed by atoms with E-state index in [1.807, 2.05) is 36.6 Å². The van der Waals surface area contributed by atoms with Gasteiger partial charge in [0.25, 0.3) is 15.9 Å². The van der Waals surface area contributed by atoms with E-state index in [-0.39, 0.29) is 22.3 Å². The molecule has 0 spiro atoms. The third kappa shape index (κ3) is 6.47. The summed E-state index contributed by atoms with van der Waals surface area (Å²) in [7, 11) is -4.09. The first-order chi connectivity index (χ1) is 19.6. The van der Waals surface area contributed by atoms with Crippen molar-refractivity contribution in [2.75, 3.05) is 11.3 Å². The van der Waals surface area contributed by atoms with Gasteiger partial charge in [0.05, 0.1) is 17.2 Å². The molecule has 10 nitrogen and oxygen atoms in total. The lowest BCUT2D eigenvalue weighted by Crippen LogP contribution is -2.20. The van der Waals surface area contributed by atoms with Gasteiger partial charge in [-0.25, -0.2) is 13.4 Å². The van der Waals surface area contributed by atoms with Gasteiger partial charge in [-0.3, -0.25) is 9.52 Å². The van der Waals surface area contributed by atoms with Crippen LogP contribution >= 0.6 is 11.6 Å². The minimum atomic E-state index is -4.09. The normalized spacial score (nSPS) is 11.6. The number of hydrogen-bond acceptors (Lipinski definition) is 7. The van der Waals surface area contributed by atoms with Crippen molar-refractivity contribution in [3.63, 3.8) is 0 Å². The number of sulfonamides is 1. The third-order valence-corrected chi connectivity index (χ3v) is 8.46. The zero-order valence-corrected chi connectivity index (χ0v) is 25.1. The van der Waals surface area contributed by atoms with Crippen LogP contribution in [-0.2, 0) is 40.8 Å². The predicted octanol–water partition coefficient (Wildman–Crippen LogP) is 5.50. The largest absolute Gasteiger partial charge is 0.377 e. The second kappa shape index (κ2) is 12.9. The van der Waals surface area contributed by atoms with Crippen LogP contribution in [0.25, 0.3) is 11.1 Å². The topological polar surface area (TPSA) is 142 Å². The zero-order valence-electron chi connectivity index (χ0n) is 23.5. The van der Waals surface area contributed by atoms with Crippen molar-refractivity contribution in [2.45, 2.75) is 65.0 Å². The molecule has 0 aliphatic heterocycles. The summed E-state index contributed by atoms with van der Waals surface area (Å²) < 4.78 is 42.1. The molecule has 0 atom stereocenters. The first-order valence-electron chi connectivity index (χ1n) is 13.4. The Morgan fingerprint density at radius 3 is 2.54 bits per heavy atom. The Kier molecular flexibility index (Phi) is 9.52. The molecule has 2 heterocycles. The van der Waals surface area contributed by atoms with E-state index < -0.39 is 15.9 Å². The number of nitrogens with two attached hydrogens (primary N) is 1. The Hall–Kier alpha value is -3.67. The highest BCUT2D eigenvalue weighted by Crippen LogP contribution is 2.34. The number of primary amides is 1. The number of rotatable bonds is 13. The van der Waals surface area contributed by atoms with Gasteiger partial charge in [0.1, 0.15) is 16.5 Å². The van der Waals surface area contributed by atoms with Crippen LogP contribution in [0, 0.1) is 6.92 Å². The molecule has 2 aromatic carbocycles. The number of ether oxygens (including phenoxy) is 1. The molecule has 41 heavy (non-hydrogen) atoms. The molecule has 0 saturated carbocycles. The quantitative estimate of drug-likeness (QED) is 0.207. The van der Waals surface area contributed by atoms with Gasteiger partial charge in [-0.15, -0.1) is 0 Å². The van der Waals surface area contributed by atoms with E-state index >= 15 is 0 Å². The number of aryl methyl sites for hydroxylation is 3. The van der Waals surface area contributed by atoms with Crippen molar-refractivity contribution in [2.24, 2.45) is 5.73 Å². The first-order valence-corrected chi connectivity index (χ1v) is 15.3. The number of halogens is 1. The molecule has 0 saturated heterocycles. The average molecular weight is 600 g/mol. The van der Waals surface area contributed by atoms with Crippen LogP contribution in [0.15, 0.2) is 51.9 Å². The summed E-state index contributed by atoms with van der Waals surface area (Å²) >= 11 is 6.16. The number of nitrogens with one attached hydrogen (secondary N) is 1. The van der Waals surface area contributed by atoms with Crippen LogP contribution in [0.3, 0.4) is 0 Å². The van der Waals surface area contributed by atoms with E-state index in [1.165, 1.54) is 6.07 Å². The maximum atomic E-state index is 13.5. The van der Waals surface area contributed by atoms with Crippen molar-refractivity contribution in [3.8, 4) is 11.1 Å². The lowest BCUT2D eigenvalue weighted by atomic mass is 9.97. The van der Waals surface area contributed by atoms with Gasteiger partial charge < -0.3 is 19.6 Å². The van der Waals surface area contributed by atoms with Crippen LogP contribution in [-0.4, -0.2) is 35.6 Å². The first kappa shape index (κ1) is 30.3. The van der Waals surface area contributed by atoms with E-state index in [1.54, 1.807) is 25.1 Å². The maximum Gasteiger partial charge on any atom is 0.267 e. The lowest BCUT2D eigenvalue weighted by molar-refractivity contribution is 0.0990. The number of aromatic nitrogens is 3. The van der Waals surface area contributed by atoms with Gasteiger partial charge in [-0.2, -0.15) is 0 Å². The predicted molar refractivity (Wildman–Crippen MR) is 157 cm³/mol. The molecule has 3 N–H and O–H groups in total. The summed E-state index contributed by atoms with van der Waals surface area (Å²) in [6, 6.07) is 12.4. The van der Waals surface area contributed by atoms with Gasteiger partial charge in [0.15, 0.2) is 5.76 Å². The van der Waals surface area contributed by atoms with Crippen molar-refractivity contribution in [1.82, 2.24) is 14.7 Å². The molecule has 4 aromatic rings. The SMILES string of the molecule is CCCc1nc(CC)c(C(N)=O)n1Cc1ccc(-c2ccccc2S(=O)(=O)Nc2noc(C)c2Cl)c(COCC)c1. The minimum absolute atomic E-state index is 0.0469.